The van der Waals surface area contributed by atoms with Crippen LogP contribution in [0.5, 0.6) is 0 Å². The van der Waals surface area contributed by atoms with Crippen LogP contribution in [0.4, 0.5) is 5.82 Å². The second kappa shape index (κ2) is 10.1. The number of carbonyl (C=O) groups excluding carboxylic acids is 1. The number of ether oxygens (including phenoxy) is 3. The second-order valence-electron chi connectivity index (χ2n) is 7.76. The molecular formula is C24H28N4O5. The van der Waals surface area contributed by atoms with Gasteiger partial charge in [0.25, 0.3) is 0 Å². The fourth-order valence-corrected chi connectivity index (χ4v) is 3.97. The molecule has 9 heteroatoms. The van der Waals surface area contributed by atoms with E-state index in [-0.39, 0.29) is 17.6 Å². The SMILES string of the molecule is CCOC(=O)c1cn(CCOC)c2ccc(-c3cnc(C)nc3N3CCOCC3)cc2c1=O. The molecule has 33 heavy (non-hydrogen) atoms. The predicted molar refractivity (Wildman–Crippen MR) is 125 cm³/mol. The smallest absolute Gasteiger partial charge is 0.343 e. The van der Waals surface area contributed by atoms with Gasteiger partial charge in [0.05, 0.1) is 31.9 Å². The van der Waals surface area contributed by atoms with Gasteiger partial charge in [0.15, 0.2) is 0 Å². The quantitative estimate of drug-likeness (QED) is 0.505. The van der Waals surface area contributed by atoms with E-state index >= 15 is 0 Å². The summed E-state index contributed by atoms with van der Waals surface area (Å²) >= 11 is 0. The Balaban J connectivity index is 1.88. The van der Waals surface area contributed by atoms with Gasteiger partial charge < -0.3 is 23.7 Å². The average molecular weight is 453 g/mol. The summed E-state index contributed by atoms with van der Waals surface area (Å²) in [5.41, 5.74) is 2.00. The van der Waals surface area contributed by atoms with Crippen LogP contribution in [0.3, 0.4) is 0 Å². The Morgan fingerprint density at radius 1 is 1.24 bits per heavy atom. The number of hydrogen-bond acceptors (Lipinski definition) is 8. The number of aryl methyl sites for hydroxylation is 1. The van der Waals surface area contributed by atoms with Crippen molar-refractivity contribution in [2.24, 2.45) is 0 Å². The highest BCUT2D eigenvalue weighted by atomic mass is 16.5. The molecule has 1 aromatic carbocycles. The van der Waals surface area contributed by atoms with Gasteiger partial charge in [-0.05, 0) is 31.5 Å². The number of anilines is 1. The minimum Gasteiger partial charge on any atom is -0.462 e. The highest BCUT2D eigenvalue weighted by Gasteiger charge is 2.21. The van der Waals surface area contributed by atoms with Crippen LogP contribution < -0.4 is 10.3 Å². The van der Waals surface area contributed by atoms with Crippen LogP contribution in [-0.2, 0) is 20.8 Å². The lowest BCUT2D eigenvalue weighted by molar-refractivity contribution is 0.0524. The van der Waals surface area contributed by atoms with Gasteiger partial charge in [0.2, 0.25) is 5.43 Å². The van der Waals surface area contributed by atoms with Gasteiger partial charge in [-0.25, -0.2) is 14.8 Å². The zero-order chi connectivity index (χ0) is 23.4. The summed E-state index contributed by atoms with van der Waals surface area (Å²) in [5.74, 6) is 0.854. The Hall–Kier alpha value is -3.30. The van der Waals surface area contributed by atoms with Crippen molar-refractivity contribution in [3.05, 3.63) is 52.2 Å². The summed E-state index contributed by atoms with van der Waals surface area (Å²) in [7, 11) is 1.61. The predicted octanol–water partition coefficient (Wildman–Crippen LogP) is 2.43. The zero-order valence-electron chi connectivity index (χ0n) is 19.2. The van der Waals surface area contributed by atoms with Crippen molar-refractivity contribution in [1.82, 2.24) is 14.5 Å². The summed E-state index contributed by atoms with van der Waals surface area (Å²) in [4.78, 5) is 37.0. The van der Waals surface area contributed by atoms with Gasteiger partial charge >= 0.3 is 5.97 Å². The molecule has 1 aliphatic heterocycles. The molecule has 0 atom stereocenters. The van der Waals surface area contributed by atoms with E-state index in [0.29, 0.717) is 37.6 Å². The Labute approximate surface area is 191 Å². The maximum absolute atomic E-state index is 13.3. The van der Waals surface area contributed by atoms with Gasteiger partial charge in [0.1, 0.15) is 17.2 Å². The van der Waals surface area contributed by atoms with E-state index in [1.54, 1.807) is 26.4 Å². The van der Waals surface area contributed by atoms with E-state index in [9.17, 15) is 9.59 Å². The Kier molecular flexibility index (Phi) is 7.00. The molecule has 0 saturated carbocycles. The lowest BCUT2D eigenvalue weighted by atomic mass is 10.0. The third-order valence-corrected chi connectivity index (χ3v) is 5.62. The van der Waals surface area contributed by atoms with E-state index in [1.165, 1.54) is 0 Å². The first-order valence-electron chi connectivity index (χ1n) is 11.0. The molecule has 1 aliphatic rings. The molecule has 0 radical (unpaired) electrons. The Morgan fingerprint density at radius 3 is 2.76 bits per heavy atom. The van der Waals surface area contributed by atoms with Crippen LogP contribution in [0.1, 0.15) is 23.1 Å². The molecule has 0 aliphatic carbocycles. The molecule has 9 nitrogen and oxygen atoms in total. The molecule has 0 unspecified atom stereocenters. The van der Waals surface area contributed by atoms with Gasteiger partial charge in [0, 0.05) is 50.1 Å². The number of benzene rings is 1. The first-order valence-corrected chi connectivity index (χ1v) is 11.0. The molecule has 2 aromatic heterocycles. The van der Waals surface area contributed by atoms with Crippen LogP contribution in [0.15, 0.2) is 35.4 Å². The summed E-state index contributed by atoms with van der Waals surface area (Å²) < 4.78 is 17.7. The number of fused-ring (bicyclic) bond motifs is 1. The van der Waals surface area contributed by atoms with Crippen LogP contribution in [0, 0.1) is 6.92 Å². The van der Waals surface area contributed by atoms with Crippen molar-refractivity contribution in [3.8, 4) is 11.1 Å². The Morgan fingerprint density at radius 2 is 2.03 bits per heavy atom. The maximum atomic E-state index is 13.3. The molecule has 1 saturated heterocycles. The van der Waals surface area contributed by atoms with E-state index in [4.69, 9.17) is 14.2 Å². The van der Waals surface area contributed by atoms with Crippen molar-refractivity contribution in [1.29, 1.82) is 0 Å². The number of aromatic nitrogens is 3. The van der Waals surface area contributed by atoms with E-state index < -0.39 is 5.97 Å². The van der Waals surface area contributed by atoms with Crippen molar-refractivity contribution in [3.63, 3.8) is 0 Å². The van der Waals surface area contributed by atoms with Crippen LogP contribution in [-0.4, -0.2) is 67.1 Å². The average Bonchev–Trinajstić information content (AvgIpc) is 2.84. The molecule has 0 spiro atoms. The van der Waals surface area contributed by atoms with Crippen LogP contribution in [0.2, 0.25) is 0 Å². The van der Waals surface area contributed by atoms with Gasteiger partial charge in [-0.3, -0.25) is 4.79 Å². The van der Waals surface area contributed by atoms with E-state index in [0.717, 1.165) is 35.6 Å². The molecule has 0 bridgehead atoms. The van der Waals surface area contributed by atoms with Gasteiger partial charge in [-0.2, -0.15) is 0 Å². The molecule has 0 amide bonds. The number of nitrogens with zero attached hydrogens (tertiary/aromatic N) is 4. The van der Waals surface area contributed by atoms with Crippen molar-refractivity contribution in [2.75, 3.05) is 51.5 Å². The molecule has 3 heterocycles. The molecule has 0 N–H and O–H groups in total. The number of esters is 1. The molecule has 3 aromatic rings. The number of pyridine rings is 1. The fourth-order valence-electron chi connectivity index (χ4n) is 3.97. The first-order chi connectivity index (χ1) is 16.0. The number of hydrogen-bond donors (Lipinski definition) is 0. The number of rotatable bonds is 7. The minimum absolute atomic E-state index is 0.00571. The molecule has 4 rings (SSSR count). The van der Waals surface area contributed by atoms with Crippen molar-refractivity contribution in [2.45, 2.75) is 20.4 Å². The highest BCUT2D eigenvalue weighted by molar-refractivity contribution is 5.95. The minimum atomic E-state index is -0.631. The number of morpholine rings is 1. The largest absolute Gasteiger partial charge is 0.462 e. The van der Waals surface area contributed by atoms with Crippen LogP contribution in [0.25, 0.3) is 22.0 Å². The summed E-state index contributed by atoms with van der Waals surface area (Å²) in [5, 5.41) is 0.433. The van der Waals surface area contributed by atoms with Crippen molar-refractivity contribution >= 4 is 22.7 Å². The van der Waals surface area contributed by atoms with E-state index in [2.05, 4.69) is 14.9 Å². The fraction of sp³-hybridized carbons (Fsp3) is 0.417. The first kappa shape index (κ1) is 22.9. The van der Waals surface area contributed by atoms with Gasteiger partial charge in [-0.15, -0.1) is 0 Å². The molecule has 174 valence electrons. The summed E-state index contributed by atoms with van der Waals surface area (Å²) in [6, 6.07) is 5.65. The summed E-state index contributed by atoms with van der Waals surface area (Å²) in [6.45, 7) is 7.42. The lowest BCUT2D eigenvalue weighted by Gasteiger charge is -2.29. The number of carbonyl (C=O) groups is 1. The molecular weight excluding hydrogens is 424 g/mol. The summed E-state index contributed by atoms with van der Waals surface area (Å²) in [6.07, 6.45) is 3.34. The normalized spacial score (nSPS) is 14.0. The Bertz CT molecular complexity index is 1220. The lowest BCUT2D eigenvalue weighted by Crippen LogP contribution is -2.37. The zero-order valence-corrected chi connectivity index (χ0v) is 19.2. The van der Waals surface area contributed by atoms with Crippen molar-refractivity contribution < 1.29 is 19.0 Å². The third kappa shape index (κ3) is 4.74. The molecule has 1 fully saturated rings. The topological polar surface area (TPSA) is 95.8 Å². The third-order valence-electron chi connectivity index (χ3n) is 5.62. The maximum Gasteiger partial charge on any atom is 0.343 e. The standard InChI is InChI=1S/C24H28N4O5/c1-4-33-24(30)20-15-28(7-10-31-3)21-6-5-17(13-18(21)22(20)29)19-14-25-16(2)26-23(19)27-8-11-32-12-9-27/h5-6,13-15H,4,7-12H2,1-3H3. The monoisotopic (exact) mass is 452 g/mol. The highest BCUT2D eigenvalue weighted by Crippen LogP contribution is 2.31. The second-order valence-corrected chi connectivity index (χ2v) is 7.76. The number of methoxy groups -OCH3 is 1. The van der Waals surface area contributed by atoms with E-state index in [1.807, 2.05) is 29.7 Å². The van der Waals surface area contributed by atoms with Gasteiger partial charge in [-0.1, -0.05) is 6.07 Å². The van der Waals surface area contributed by atoms with Crippen LogP contribution >= 0.6 is 0 Å².